The first-order chi connectivity index (χ1) is 10.5. The largest absolute Gasteiger partial charge is 0.479 e. The molecule has 0 saturated carbocycles. The third kappa shape index (κ3) is 4.36. The van der Waals surface area contributed by atoms with Crippen LogP contribution in [-0.4, -0.2) is 17.0 Å². The zero-order chi connectivity index (χ0) is 16.1. The number of halogens is 2. The molecule has 0 aliphatic rings. The zero-order valence-electron chi connectivity index (χ0n) is 12.2. The van der Waals surface area contributed by atoms with E-state index >= 15 is 0 Å². The average Bonchev–Trinajstić information content (AvgIpc) is 2.50. The molecule has 1 amide bonds. The Kier molecular flexibility index (Phi) is 5.63. The third-order valence-electron chi connectivity index (χ3n) is 3.13. The van der Waals surface area contributed by atoms with Crippen molar-refractivity contribution in [1.82, 2.24) is 10.3 Å². The Morgan fingerprint density at radius 3 is 2.50 bits per heavy atom. The Hall–Kier alpha value is -1.78. The molecule has 2 atom stereocenters. The minimum absolute atomic E-state index is 0.137. The molecule has 0 bridgehead atoms. The van der Waals surface area contributed by atoms with E-state index in [9.17, 15) is 4.79 Å². The Labute approximate surface area is 139 Å². The van der Waals surface area contributed by atoms with E-state index in [1.807, 2.05) is 19.1 Å². The van der Waals surface area contributed by atoms with Crippen molar-refractivity contribution >= 4 is 29.1 Å². The van der Waals surface area contributed by atoms with Crippen LogP contribution in [0.5, 0.6) is 5.75 Å². The summed E-state index contributed by atoms with van der Waals surface area (Å²) in [6, 6.07) is 8.44. The number of hydrogen-bond acceptors (Lipinski definition) is 3. The van der Waals surface area contributed by atoms with Crippen molar-refractivity contribution in [2.45, 2.75) is 26.0 Å². The molecule has 1 heterocycles. The van der Waals surface area contributed by atoms with E-state index in [4.69, 9.17) is 27.9 Å². The predicted molar refractivity (Wildman–Crippen MR) is 87.3 cm³/mol. The summed E-state index contributed by atoms with van der Waals surface area (Å²) in [4.78, 5) is 16.1. The molecule has 116 valence electrons. The maximum atomic E-state index is 12.2. The standard InChI is InChI=1S/C16H16Cl2N2O2/c1-10(12-5-7-19-8-6-12)20-16(21)11(2)22-15-4-3-13(17)9-14(15)18/h3-11H,1-2H3,(H,20,21)/t10-,11+/m0/s1. The minimum atomic E-state index is -0.678. The molecular formula is C16H16Cl2N2O2. The highest BCUT2D eigenvalue weighted by atomic mass is 35.5. The molecule has 4 nitrogen and oxygen atoms in total. The first-order valence-electron chi connectivity index (χ1n) is 6.79. The van der Waals surface area contributed by atoms with Crippen molar-refractivity contribution < 1.29 is 9.53 Å². The predicted octanol–water partition coefficient (Wildman–Crippen LogP) is 4.03. The van der Waals surface area contributed by atoms with Crippen LogP contribution in [0.25, 0.3) is 0 Å². The Morgan fingerprint density at radius 1 is 1.18 bits per heavy atom. The molecule has 2 aromatic rings. The van der Waals surface area contributed by atoms with Crippen molar-refractivity contribution in [3.63, 3.8) is 0 Å². The first-order valence-corrected chi connectivity index (χ1v) is 7.55. The molecule has 1 aromatic carbocycles. The fraction of sp³-hybridized carbons (Fsp3) is 0.250. The molecule has 0 radical (unpaired) electrons. The van der Waals surface area contributed by atoms with Crippen LogP contribution in [0.3, 0.4) is 0 Å². The van der Waals surface area contributed by atoms with Gasteiger partial charge in [-0.1, -0.05) is 23.2 Å². The van der Waals surface area contributed by atoms with E-state index in [2.05, 4.69) is 10.3 Å². The van der Waals surface area contributed by atoms with Crippen LogP contribution in [0.2, 0.25) is 10.0 Å². The van der Waals surface area contributed by atoms with Crippen molar-refractivity contribution in [2.24, 2.45) is 0 Å². The SMILES string of the molecule is C[C@H](NC(=O)[C@@H](C)Oc1ccc(Cl)cc1Cl)c1ccncc1. The molecule has 0 saturated heterocycles. The topological polar surface area (TPSA) is 51.2 Å². The summed E-state index contributed by atoms with van der Waals surface area (Å²) in [7, 11) is 0. The van der Waals surface area contributed by atoms with Gasteiger partial charge in [-0.25, -0.2) is 0 Å². The monoisotopic (exact) mass is 338 g/mol. The zero-order valence-corrected chi connectivity index (χ0v) is 13.7. The van der Waals surface area contributed by atoms with Crippen LogP contribution in [0.4, 0.5) is 0 Å². The number of hydrogen-bond donors (Lipinski definition) is 1. The normalized spacial score (nSPS) is 13.3. The van der Waals surface area contributed by atoms with Crippen LogP contribution < -0.4 is 10.1 Å². The number of pyridine rings is 1. The molecule has 0 spiro atoms. The number of carbonyl (C=O) groups excluding carboxylic acids is 1. The highest BCUT2D eigenvalue weighted by molar-refractivity contribution is 6.35. The summed E-state index contributed by atoms with van der Waals surface area (Å²) in [6.45, 7) is 3.56. The first kappa shape index (κ1) is 16.6. The molecule has 0 fully saturated rings. The van der Waals surface area contributed by atoms with Gasteiger partial charge in [0.05, 0.1) is 11.1 Å². The number of carbonyl (C=O) groups is 1. The molecule has 0 unspecified atom stereocenters. The lowest BCUT2D eigenvalue weighted by atomic mass is 10.1. The number of rotatable bonds is 5. The molecule has 0 aliphatic carbocycles. The molecule has 6 heteroatoms. The Bertz CT molecular complexity index is 650. The summed E-state index contributed by atoms with van der Waals surface area (Å²) in [6.07, 6.45) is 2.69. The van der Waals surface area contributed by atoms with Gasteiger partial charge in [-0.2, -0.15) is 0 Å². The lowest BCUT2D eigenvalue weighted by molar-refractivity contribution is -0.127. The molecular weight excluding hydrogens is 323 g/mol. The van der Waals surface area contributed by atoms with Gasteiger partial charge in [-0.3, -0.25) is 9.78 Å². The van der Waals surface area contributed by atoms with Gasteiger partial charge in [0, 0.05) is 17.4 Å². The third-order valence-corrected chi connectivity index (χ3v) is 3.66. The smallest absolute Gasteiger partial charge is 0.261 e. The Morgan fingerprint density at radius 2 is 1.86 bits per heavy atom. The van der Waals surface area contributed by atoms with E-state index in [0.29, 0.717) is 15.8 Å². The van der Waals surface area contributed by atoms with Gasteiger partial charge < -0.3 is 10.1 Å². The van der Waals surface area contributed by atoms with E-state index in [1.165, 1.54) is 0 Å². The van der Waals surface area contributed by atoms with Gasteiger partial charge in [0.2, 0.25) is 0 Å². The average molecular weight is 339 g/mol. The Balaban J connectivity index is 1.97. The van der Waals surface area contributed by atoms with Crippen molar-refractivity contribution in [3.05, 3.63) is 58.3 Å². The van der Waals surface area contributed by atoms with Gasteiger partial charge in [0.25, 0.3) is 5.91 Å². The van der Waals surface area contributed by atoms with Crippen LogP contribution in [-0.2, 0) is 4.79 Å². The number of benzene rings is 1. The molecule has 0 aliphatic heterocycles. The fourth-order valence-electron chi connectivity index (χ4n) is 1.88. The number of ether oxygens (including phenoxy) is 1. The molecule has 2 rings (SSSR count). The number of nitrogens with zero attached hydrogens (tertiary/aromatic N) is 1. The van der Waals surface area contributed by atoms with Gasteiger partial charge in [-0.05, 0) is 49.7 Å². The van der Waals surface area contributed by atoms with Gasteiger partial charge in [-0.15, -0.1) is 0 Å². The van der Waals surface area contributed by atoms with Crippen molar-refractivity contribution in [2.75, 3.05) is 0 Å². The van der Waals surface area contributed by atoms with Crippen LogP contribution in [0.15, 0.2) is 42.7 Å². The van der Waals surface area contributed by atoms with E-state index in [1.54, 1.807) is 37.5 Å². The fourth-order valence-corrected chi connectivity index (χ4v) is 2.33. The summed E-state index contributed by atoms with van der Waals surface area (Å²) in [5.41, 5.74) is 0.972. The number of aromatic nitrogens is 1. The van der Waals surface area contributed by atoms with Gasteiger partial charge in [0.1, 0.15) is 5.75 Å². The highest BCUT2D eigenvalue weighted by Gasteiger charge is 2.18. The summed E-state index contributed by atoms with van der Waals surface area (Å²) < 4.78 is 5.58. The second kappa shape index (κ2) is 7.47. The maximum Gasteiger partial charge on any atom is 0.261 e. The van der Waals surface area contributed by atoms with E-state index in [0.717, 1.165) is 5.56 Å². The van der Waals surface area contributed by atoms with Crippen LogP contribution in [0, 0.1) is 0 Å². The van der Waals surface area contributed by atoms with Crippen molar-refractivity contribution in [1.29, 1.82) is 0 Å². The van der Waals surface area contributed by atoms with Crippen LogP contribution in [0.1, 0.15) is 25.5 Å². The van der Waals surface area contributed by atoms with Crippen LogP contribution >= 0.6 is 23.2 Å². The van der Waals surface area contributed by atoms with E-state index < -0.39 is 6.10 Å². The van der Waals surface area contributed by atoms with Gasteiger partial charge >= 0.3 is 0 Å². The van der Waals surface area contributed by atoms with Gasteiger partial charge in [0.15, 0.2) is 6.10 Å². The quantitative estimate of drug-likeness (QED) is 0.895. The second-order valence-corrected chi connectivity index (χ2v) is 5.69. The lowest BCUT2D eigenvalue weighted by Gasteiger charge is -2.19. The molecule has 1 aromatic heterocycles. The molecule has 1 N–H and O–H groups in total. The second-order valence-electron chi connectivity index (χ2n) is 4.85. The summed E-state index contributed by atoms with van der Waals surface area (Å²) >= 11 is 11.9. The van der Waals surface area contributed by atoms with E-state index in [-0.39, 0.29) is 11.9 Å². The van der Waals surface area contributed by atoms with Crippen molar-refractivity contribution in [3.8, 4) is 5.75 Å². The minimum Gasteiger partial charge on any atom is -0.479 e. The molecule has 22 heavy (non-hydrogen) atoms. The number of amides is 1. The number of nitrogens with one attached hydrogen (secondary N) is 1. The summed E-state index contributed by atoms with van der Waals surface area (Å²) in [5, 5.41) is 3.77. The maximum absolute atomic E-state index is 12.2. The summed E-state index contributed by atoms with van der Waals surface area (Å²) in [5.74, 6) is 0.195. The lowest BCUT2D eigenvalue weighted by Crippen LogP contribution is -2.37. The highest BCUT2D eigenvalue weighted by Crippen LogP contribution is 2.28.